The smallest absolute Gasteiger partial charge is 0.282 e. The molecule has 1 saturated carbocycles. The van der Waals surface area contributed by atoms with Gasteiger partial charge in [-0.3, -0.25) is 4.79 Å². The fourth-order valence-electron chi connectivity index (χ4n) is 3.93. The zero-order valence-electron chi connectivity index (χ0n) is 15.4. The van der Waals surface area contributed by atoms with Gasteiger partial charge in [0, 0.05) is 28.7 Å². The first-order valence-electron chi connectivity index (χ1n) is 9.27. The van der Waals surface area contributed by atoms with E-state index in [1.807, 2.05) is 26.0 Å². The zero-order valence-corrected chi connectivity index (χ0v) is 15.4. The molecule has 5 nitrogen and oxygen atoms in total. The molecule has 0 saturated heterocycles. The van der Waals surface area contributed by atoms with Crippen molar-refractivity contribution in [1.82, 2.24) is 19.3 Å². The largest absolute Gasteiger partial charge is 0.317 e. The predicted molar refractivity (Wildman–Crippen MR) is 106 cm³/mol. The van der Waals surface area contributed by atoms with Gasteiger partial charge in [0.2, 0.25) is 0 Å². The molecule has 4 aromatic rings. The maximum Gasteiger partial charge on any atom is 0.282 e. The minimum absolute atomic E-state index is 0.135. The van der Waals surface area contributed by atoms with Crippen LogP contribution in [0, 0.1) is 13.8 Å². The summed E-state index contributed by atoms with van der Waals surface area (Å²) in [5.41, 5.74) is 4.33. The van der Waals surface area contributed by atoms with Gasteiger partial charge in [-0.1, -0.05) is 18.2 Å². The Bertz CT molecular complexity index is 1220. The number of nitrogens with zero attached hydrogens (tertiary/aromatic N) is 4. The minimum Gasteiger partial charge on any atom is -0.317 e. The summed E-state index contributed by atoms with van der Waals surface area (Å²) in [5, 5.41) is 5.96. The van der Waals surface area contributed by atoms with E-state index in [9.17, 15) is 4.79 Å². The van der Waals surface area contributed by atoms with Crippen LogP contribution in [-0.4, -0.2) is 19.3 Å². The van der Waals surface area contributed by atoms with Crippen LogP contribution in [0.2, 0.25) is 0 Å². The Kier molecular flexibility index (Phi) is 3.50. The van der Waals surface area contributed by atoms with E-state index in [1.165, 1.54) is 23.1 Å². The lowest BCUT2D eigenvalue weighted by Crippen LogP contribution is -2.21. The predicted octanol–water partition coefficient (Wildman–Crippen LogP) is 4.07. The second kappa shape index (κ2) is 5.91. The summed E-state index contributed by atoms with van der Waals surface area (Å²) in [6.45, 7) is 4.05. The summed E-state index contributed by atoms with van der Waals surface area (Å²) >= 11 is 0. The number of rotatable bonds is 3. The van der Waals surface area contributed by atoms with Crippen molar-refractivity contribution in [3.63, 3.8) is 0 Å². The number of fused-ring (bicyclic) bond motifs is 1. The van der Waals surface area contributed by atoms with Crippen LogP contribution < -0.4 is 5.56 Å². The number of hydrogen-bond donors (Lipinski definition) is 0. The highest BCUT2D eigenvalue weighted by Crippen LogP contribution is 2.40. The minimum atomic E-state index is -0.135. The highest BCUT2D eigenvalue weighted by molar-refractivity contribution is 5.88. The maximum atomic E-state index is 13.2. The molecule has 5 rings (SSSR count). The lowest BCUT2D eigenvalue weighted by Gasteiger charge is -2.11. The van der Waals surface area contributed by atoms with Gasteiger partial charge in [-0.15, -0.1) is 0 Å². The summed E-state index contributed by atoms with van der Waals surface area (Å²) in [6, 6.07) is 14.1. The third kappa shape index (κ3) is 2.50. The molecule has 3 heterocycles. The number of hydrogen-bond acceptors (Lipinski definition) is 3. The van der Waals surface area contributed by atoms with E-state index in [1.54, 1.807) is 18.5 Å². The van der Waals surface area contributed by atoms with Crippen LogP contribution in [0.3, 0.4) is 0 Å². The first kappa shape index (κ1) is 16.0. The molecule has 1 aliphatic carbocycles. The van der Waals surface area contributed by atoms with Gasteiger partial charge in [0.15, 0.2) is 5.82 Å². The standard InChI is InChI=1S/C22H20N4O/c1-14-19-13-24-26(20-8-3-4-11-23-20)22(27)21(19)15(2)25(14)18-7-5-6-17(12-18)16-9-10-16/h3-8,11-13,16H,9-10H2,1-2H3. The third-order valence-corrected chi connectivity index (χ3v) is 5.44. The SMILES string of the molecule is Cc1c2cnn(-c3ccccn3)c(=O)c2c(C)n1-c1cccc(C2CC2)c1. The van der Waals surface area contributed by atoms with Crippen molar-refractivity contribution in [1.29, 1.82) is 0 Å². The van der Waals surface area contributed by atoms with E-state index in [-0.39, 0.29) is 5.56 Å². The van der Waals surface area contributed by atoms with Gasteiger partial charge < -0.3 is 4.57 Å². The van der Waals surface area contributed by atoms with Gasteiger partial charge >= 0.3 is 0 Å². The van der Waals surface area contributed by atoms with E-state index in [2.05, 4.69) is 38.9 Å². The first-order valence-corrected chi connectivity index (χ1v) is 9.27. The van der Waals surface area contributed by atoms with Crippen LogP contribution in [0.5, 0.6) is 0 Å². The lowest BCUT2D eigenvalue weighted by atomic mass is 10.1. The van der Waals surface area contributed by atoms with E-state index in [0.29, 0.717) is 17.1 Å². The normalized spacial score (nSPS) is 14.0. The number of benzene rings is 1. The van der Waals surface area contributed by atoms with Crippen LogP contribution >= 0.6 is 0 Å². The van der Waals surface area contributed by atoms with E-state index < -0.39 is 0 Å². The van der Waals surface area contributed by atoms with Crippen LogP contribution in [0.15, 0.2) is 59.7 Å². The second-order valence-electron chi connectivity index (χ2n) is 7.21. The van der Waals surface area contributed by atoms with Gasteiger partial charge in [-0.25, -0.2) is 4.98 Å². The van der Waals surface area contributed by atoms with Crippen molar-refractivity contribution in [2.45, 2.75) is 32.6 Å². The van der Waals surface area contributed by atoms with Crippen molar-refractivity contribution in [2.75, 3.05) is 0 Å². The average molecular weight is 356 g/mol. The molecule has 5 heteroatoms. The molecule has 3 aromatic heterocycles. The van der Waals surface area contributed by atoms with Crippen LogP contribution in [0.4, 0.5) is 0 Å². The summed E-state index contributed by atoms with van der Waals surface area (Å²) in [4.78, 5) is 17.4. The molecule has 0 radical (unpaired) electrons. The highest BCUT2D eigenvalue weighted by Gasteiger charge is 2.24. The number of pyridine rings is 1. The highest BCUT2D eigenvalue weighted by atomic mass is 16.1. The van der Waals surface area contributed by atoms with Gasteiger partial charge in [0.05, 0.1) is 11.6 Å². The molecule has 0 amide bonds. The second-order valence-corrected chi connectivity index (χ2v) is 7.21. The average Bonchev–Trinajstić information content (AvgIpc) is 3.50. The van der Waals surface area contributed by atoms with E-state index in [4.69, 9.17) is 0 Å². The van der Waals surface area contributed by atoms with Crippen molar-refractivity contribution >= 4 is 10.8 Å². The van der Waals surface area contributed by atoms with Gasteiger partial charge in [0.1, 0.15) is 0 Å². The molecule has 0 atom stereocenters. The summed E-state index contributed by atoms with van der Waals surface area (Å²) < 4.78 is 3.54. The van der Waals surface area contributed by atoms with Crippen molar-refractivity contribution < 1.29 is 0 Å². The Balaban J connectivity index is 1.74. The zero-order chi connectivity index (χ0) is 18.5. The van der Waals surface area contributed by atoms with Crippen molar-refractivity contribution in [2.24, 2.45) is 0 Å². The molecule has 0 aliphatic heterocycles. The topological polar surface area (TPSA) is 52.7 Å². The molecule has 1 aliphatic rings. The Morgan fingerprint density at radius 1 is 1.04 bits per heavy atom. The molecule has 0 bridgehead atoms. The van der Waals surface area contributed by atoms with Crippen LogP contribution in [0.25, 0.3) is 22.3 Å². The molecule has 0 spiro atoms. The molecule has 1 aromatic carbocycles. The first-order chi connectivity index (χ1) is 13.1. The van der Waals surface area contributed by atoms with Gasteiger partial charge in [-0.05, 0) is 62.4 Å². The van der Waals surface area contributed by atoms with Crippen LogP contribution in [-0.2, 0) is 0 Å². The molecular formula is C22H20N4O. The molecule has 0 unspecified atom stereocenters. The molecule has 0 N–H and O–H groups in total. The Morgan fingerprint density at radius 3 is 2.63 bits per heavy atom. The quantitative estimate of drug-likeness (QED) is 0.556. The Morgan fingerprint density at radius 2 is 1.89 bits per heavy atom. The maximum absolute atomic E-state index is 13.2. The molecule has 134 valence electrons. The monoisotopic (exact) mass is 356 g/mol. The van der Waals surface area contributed by atoms with E-state index in [0.717, 1.165) is 22.5 Å². The van der Waals surface area contributed by atoms with E-state index >= 15 is 0 Å². The Hall–Kier alpha value is -3.21. The number of aryl methyl sites for hydroxylation is 2. The summed E-state index contributed by atoms with van der Waals surface area (Å²) in [6.07, 6.45) is 5.98. The molecule has 1 fully saturated rings. The third-order valence-electron chi connectivity index (χ3n) is 5.44. The summed E-state index contributed by atoms with van der Waals surface area (Å²) in [7, 11) is 0. The molecular weight excluding hydrogens is 336 g/mol. The molecule has 27 heavy (non-hydrogen) atoms. The fraction of sp³-hybridized carbons (Fsp3) is 0.227. The van der Waals surface area contributed by atoms with Crippen molar-refractivity contribution in [3.8, 4) is 11.5 Å². The van der Waals surface area contributed by atoms with Gasteiger partial charge in [0.25, 0.3) is 5.56 Å². The van der Waals surface area contributed by atoms with Crippen LogP contribution in [0.1, 0.15) is 35.7 Å². The van der Waals surface area contributed by atoms with Gasteiger partial charge in [-0.2, -0.15) is 9.78 Å². The lowest BCUT2D eigenvalue weighted by molar-refractivity contribution is 0.794. The van der Waals surface area contributed by atoms with Crippen molar-refractivity contribution in [3.05, 3.63) is 82.2 Å². The number of aromatic nitrogens is 4. The Labute approximate surface area is 156 Å². The summed E-state index contributed by atoms with van der Waals surface area (Å²) in [5.74, 6) is 1.23. The fourth-order valence-corrected chi connectivity index (χ4v) is 3.93.